The fraction of sp³-hybridized carbons (Fsp3) is 0.500. The highest BCUT2D eigenvalue weighted by molar-refractivity contribution is 5.90. The van der Waals surface area contributed by atoms with Gasteiger partial charge in [-0.2, -0.15) is 5.26 Å². The monoisotopic (exact) mass is 289 g/mol. The average Bonchev–Trinajstić information content (AvgIpc) is 2.45. The molecule has 2 N–H and O–H groups in total. The van der Waals surface area contributed by atoms with Crippen LogP contribution in [0.25, 0.3) is 0 Å². The third-order valence-electron chi connectivity index (χ3n) is 3.90. The maximum atomic E-state index is 13.5. The van der Waals surface area contributed by atoms with E-state index >= 15 is 0 Å². The summed E-state index contributed by atoms with van der Waals surface area (Å²) in [5.41, 5.74) is -0.718. The third kappa shape index (κ3) is 4.19. The first-order valence-corrected chi connectivity index (χ1v) is 7.40. The summed E-state index contributed by atoms with van der Waals surface area (Å²) in [6.07, 6.45) is 6.49. The Balaban J connectivity index is 2.02. The van der Waals surface area contributed by atoms with E-state index in [1.165, 1.54) is 18.6 Å². The molecule has 1 aliphatic rings. The number of hydrogen-bond acceptors (Lipinski definition) is 2. The van der Waals surface area contributed by atoms with Crippen molar-refractivity contribution in [2.75, 3.05) is 5.32 Å². The van der Waals surface area contributed by atoms with Crippen molar-refractivity contribution >= 4 is 11.7 Å². The molecule has 0 unspecified atom stereocenters. The van der Waals surface area contributed by atoms with Crippen LogP contribution in [0.2, 0.25) is 0 Å². The summed E-state index contributed by atoms with van der Waals surface area (Å²) in [6.45, 7) is 0. The van der Waals surface area contributed by atoms with Gasteiger partial charge in [0.1, 0.15) is 11.4 Å². The summed E-state index contributed by atoms with van der Waals surface area (Å²) < 4.78 is 13.5. The molecule has 0 bridgehead atoms. The lowest BCUT2D eigenvalue weighted by molar-refractivity contribution is 0.236. The maximum Gasteiger partial charge on any atom is 0.320 e. The lowest BCUT2D eigenvalue weighted by atomic mass is 9.85. The molecule has 2 rings (SSSR count). The second-order valence-corrected chi connectivity index (χ2v) is 5.52. The number of hydrogen-bond donors (Lipinski definition) is 2. The lowest BCUT2D eigenvalue weighted by Gasteiger charge is -2.29. The molecule has 1 aliphatic carbocycles. The number of nitrogens with zero attached hydrogens (tertiary/aromatic N) is 1. The maximum absolute atomic E-state index is 13.5. The molecule has 0 spiro atoms. The number of halogens is 1. The molecule has 0 heterocycles. The van der Waals surface area contributed by atoms with E-state index in [1.54, 1.807) is 12.1 Å². The number of anilines is 1. The number of carbonyl (C=O) groups is 1. The van der Waals surface area contributed by atoms with Gasteiger partial charge in [0.2, 0.25) is 0 Å². The zero-order chi connectivity index (χ0) is 15.1. The van der Waals surface area contributed by atoms with Gasteiger partial charge in [-0.25, -0.2) is 9.18 Å². The highest BCUT2D eigenvalue weighted by Gasteiger charge is 2.32. The van der Waals surface area contributed by atoms with Crippen LogP contribution in [0.5, 0.6) is 0 Å². The van der Waals surface area contributed by atoms with Gasteiger partial charge in [-0.05, 0) is 25.0 Å². The van der Waals surface area contributed by atoms with E-state index in [-0.39, 0.29) is 5.69 Å². The third-order valence-corrected chi connectivity index (χ3v) is 3.90. The first-order chi connectivity index (χ1) is 10.2. The minimum absolute atomic E-state index is 0.119. The molecule has 21 heavy (non-hydrogen) atoms. The van der Waals surface area contributed by atoms with E-state index in [0.717, 1.165) is 25.7 Å². The van der Waals surface area contributed by atoms with Crippen LogP contribution in [-0.4, -0.2) is 11.6 Å². The molecule has 1 aromatic rings. The molecule has 5 heteroatoms. The zero-order valence-electron chi connectivity index (χ0n) is 12.0. The largest absolute Gasteiger partial charge is 0.320 e. The molecule has 4 nitrogen and oxygen atoms in total. The van der Waals surface area contributed by atoms with Crippen molar-refractivity contribution in [2.24, 2.45) is 0 Å². The Morgan fingerprint density at radius 1 is 1.14 bits per heavy atom. The number of nitriles is 1. The van der Waals surface area contributed by atoms with Crippen LogP contribution in [0.1, 0.15) is 44.9 Å². The van der Waals surface area contributed by atoms with Crippen molar-refractivity contribution < 1.29 is 9.18 Å². The Bertz CT molecular complexity index is 531. The van der Waals surface area contributed by atoms with E-state index in [2.05, 4.69) is 16.7 Å². The minimum atomic E-state index is -0.838. The summed E-state index contributed by atoms with van der Waals surface area (Å²) in [4.78, 5) is 12.1. The molecule has 1 saturated carbocycles. The molecule has 112 valence electrons. The molecular formula is C16H20FN3O. The summed E-state index contributed by atoms with van der Waals surface area (Å²) in [7, 11) is 0. The van der Waals surface area contributed by atoms with E-state index in [1.807, 2.05) is 0 Å². The summed E-state index contributed by atoms with van der Waals surface area (Å²) in [5.74, 6) is -0.490. The van der Waals surface area contributed by atoms with Crippen molar-refractivity contribution in [1.29, 1.82) is 5.26 Å². The second kappa shape index (κ2) is 7.07. The van der Waals surface area contributed by atoms with Crippen molar-refractivity contribution in [3.8, 4) is 6.07 Å². The van der Waals surface area contributed by atoms with Crippen molar-refractivity contribution in [3.63, 3.8) is 0 Å². The standard InChI is InChI=1S/C16H20FN3O/c17-13-8-4-5-9-14(13)19-15(21)20-16(12-18)10-6-2-1-3-7-11-16/h4-5,8-9H,1-3,6-7,10-11H2,(H2,19,20,21). The van der Waals surface area contributed by atoms with E-state index in [4.69, 9.17) is 0 Å². The number of benzene rings is 1. The Kier molecular flexibility index (Phi) is 5.15. The van der Waals surface area contributed by atoms with E-state index in [9.17, 15) is 14.4 Å². The quantitative estimate of drug-likeness (QED) is 0.865. The van der Waals surface area contributed by atoms with Gasteiger partial charge in [0.25, 0.3) is 0 Å². The molecule has 1 aromatic carbocycles. The van der Waals surface area contributed by atoms with Crippen molar-refractivity contribution in [1.82, 2.24) is 5.32 Å². The summed E-state index contributed by atoms with van der Waals surface area (Å²) >= 11 is 0. The number of amides is 2. The van der Waals surface area contributed by atoms with E-state index < -0.39 is 17.4 Å². The molecular weight excluding hydrogens is 269 g/mol. The SMILES string of the molecule is N#CC1(NC(=O)Nc2ccccc2F)CCCCCCC1. The molecule has 0 aliphatic heterocycles. The van der Waals surface area contributed by atoms with Crippen molar-refractivity contribution in [3.05, 3.63) is 30.1 Å². The fourth-order valence-corrected chi connectivity index (χ4v) is 2.71. The lowest BCUT2D eigenvalue weighted by Crippen LogP contribution is -2.49. The molecule has 0 atom stereocenters. The molecule has 0 radical (unpaired) electrons. The van der Waals surface area contributed by atoms with Crippen LogP contribution in [0, 0.1) is 17.1 Å². The highest BCUT2D eigenvalue weighted by Crippen LogP contribution is 2.26. The minimum Gasteiger partial charge on any atom is -0.319 e. The number of para-hydroxylation sites is 1. The van der Waals surface area contributed by atoms with Gasteiger partial charge >= 0.3 is 6.03 Å². The normalized spacial score (nSPS) is 17.9. The fourth-order valence-electron chi connectivity index (χ4n) is 2.71. The number of carbonyl (C=O) groups excluding carboxylic acids is 1. The Labute approximate surface area is 124 Å². The zero-order valence-corrected chi connectivity index (χ0v) is 12.0. The van der Waals surface area contributed by atoms with Gasteiger partial charge < -0.3 is 10.6 Å². The average molecular weight is 289 g/mol. The predicted molar refractivity (Wildman–Crippen MR) is 79.2 cm³/mol. The molecule has 0 saturated heterocycles. The van der Waals surface area contributed by atoms with Gasteiger partial charge in [-0.1, -0.05) is 44.2 Å². The van der Waals surface area contributed by atoms with Crippen LogP contribution >= 0.6 is 0 Å². The van der Waals surface area contributed by atoms with Gasteiger partial charge in [0.05, 0.1) is 11.8 Å². The predicted octanol–water partition coefficient (Wildman–Crippen LogP) is 3.95. The van der Waals surface area contributed by atoms with Crippen LogP contribution < -0.4 is 10.6 Å². The number of nitrogens with one attached hydrogen (secondary N) is 2. The first-order valence-electron chi connectivity index (χ1n) is 7.40. The van der Waals surface area contributed by atoms with Gasteiger partial charge in [0, 0.05) is 0 Å². The van der Waals surface area contributed by atoms with Crippen LogP contribution in [-0.2, 0) is 0 Å². The van der Waals surface area contributed by atoms with Crippen LogP contribution in [0.3, 0.4) is 0 Å². The highest BCUT2D eigenvalue weighted by atomic mass is 19.1. The summed E-state index contributed by atoms with van der Waals surface area (Å²) in [5, 5.41) is 14.7. The number of rotatable bonds is 2. The smallest absolute Gasteiger partial charge is 0.319 e. The van der Waals surface area contributed by atoms with Crippen LogP contribution in [0.15, 0.2) is 24.3 Å². The van der Waals surface area contributed by atoms with Gasteiger partial charge in [0.15, 0.2) is 0 Å². The molecule has 1 fully saturated rings. The Hall–Kier alpha value is -2.09. The Morgan fingerprint density at radius 2 is 1.76 bits per heavy atom. The topological polar surface area (TPSA) is 64.9 Å². The Morgan fingerprint density at radius 3 is 2.38 bits per heavy atom. The van der Waals surface area contributed by atoms with Crippen LogP contribution in [0.4, 0.5) is 14.9 Å². The number of urea groups is 1. The summed E-state index contributed by atoms with van der Waals surface area (Å²) in [6, 6.07) is 7.71. The van der Waals surface area contributed by atoms with Crippen molar-refractivity contribution in [2.45, 2.75) is 50.5 Å². The van der Waals surface area contributed by atoms with E-state index in [0.29, 0.717) is 12.8 Å². The first kappa shape index (κ1) is 15.3. The van der Waals surface area contributed by atoms with Gasteiger partial charge in [-0.15, -0.1) is 0 Å². The molecule has 0 aromatic heterocycles. The molecule has 2 amide bonds. The van der Waals surface area contributed by atoms with Gasteiger partial charge in [-0.3, -0.25) is 0 Å². The second-order valence-electron chi connectivity index (χ2n) is 5.52.